The first-order valence-corrected chi connectivity index (χ1v) is 9.92. The van der Waals surface area contributed by atoms with Gasteiger partial charge in [-0.15, -0.1) is 0 Å². The standard InChI is InChI=1S/C23H26N2O4/c1-27-19-7-8-20-18(16-29-22(20)14-19)13-23(26)24-15-21(17-5-3-2-4-6-17)25-9-11-28-12-10-25/h2-8,14,16,21H,9-13,15H2,1H3,(H,24,26). The number of rotatable bonds is 7. The van der Waals surface area contributed by atoms with E-state index in [2.05, 4.69) is 22.3 Å². The lowest BCUT2D eigenvalue weighted by atomic mass is 10.0. The second-order valence-corrected chi connectivity index (χ2v) is 7.18. The van der Waals surface area contributed by atoms with Crippen LogP contribution in [0.1, 0.15) is 17.2 Å². The molecule has 6 nitrogen and oxygen atoms in total. The van der Waals surface area contributed by atoms with Crippen LogP contribution >= 0.6 is 0 Å². The molecule has 1 fully saturated rings. The van der Waals surface area contributed by atoms with Gasteiger partial charge in [-0.3, -0.25) is 9.69 Å². The maximum Gasteiger partial charge on any atom is 0.224 e. The molecule has 1 unspecified atom stereocenters. The van der Waals surface area contributed by atoms with Crippen molar-refractivity contribution in [3.8, 4) is 5.75 Å². The number of hydrogen-bond donors (Lipinski definition) is 1. The van der Waals surface area contributed by atoms with Crippen LogP contribution in [0, 0.1) is 0 Å². The lowest BCUT2D eigenvalue weighted by Gasteiger charge is -2.35. The minimum Gasteiger partial charge on any atom is -0.497 e. The number of carbonyl (C=O) groups is 1. The molecule has 1 atom stereocenters. The molecule has 1 saturated heterocycles. The Hall–Kier alpha value is -2.83. The van der Waals surface area contributed by atoms with Gasteiger partial charge in [0.15, 0.2) is 0 Å². The summed E-state index contributed by atoms with van der Waals surface area (Å²) < 4.78 is 16.3. The van der Waals surface area contributed by atoms with Gasteiger partial charge in [-0.2, -0.15) is 0 Å². The Morgan fingerprint density at radius 1 is 1.17 bits per heavy atom. The average Bonchev–Trinajstić information content (AvgIpc) is 3.17. The molecule has 6 heteroatoms. The highest BCUT2D eigenvalue weighted by atomic mass is 16.5. The van der Waals surface area contributed by atoms with Crippen LogP contribution < -0.4 is 10.1 Å². The van der Waals surface area contributed by atoms with Gasteiger partial charge in [0.1, 0.15) is 11.3 Å². The van der Waals surface area contributed by atoms with Crippen molar-refractivity contribution in [2.45, 2.75) is 12.5 Å². The molecule has 1 aliphatic heterocycles. The molecule has 3 aromatic rings. The van der Waals surface area contributed by atoms with Gasteiger partial charge in [0.25, 0.3) is 0 Å². The number of nitrogens with zero attached hydrogens (tertiary/aromatic N) is 1. The molecule has 1 N–H and O–H groups in total. The topological polar surface area (TPSA) is 63.9 Å². The average molecular weight is 394 g/mol. The normalized spacial score (nSPS) is 15.9. The zero-order valence-corrected chi connectivity index (χ0v) is 16.6. The second-order valence-electron chi connectivity index (χ2n) is 7.18. The maximum absolute atomic E-state index is 12.7. The molecule has 1 aliphatic rings. The van der Waals surface area contributed by atoms with Crippen LogP contribution in [0.3, 0.4) is 0 Å². The summed E-state index contributed by atoms with van der Waals surface area (Å²) >= 11 is 0. The van der Waals surface area contributed by atoms with Gasteiger partial charge >= 0.3 is 0 Å². The minimum atomic E-state index is -0.0160. The van der Waals surface area contributed by atoms with Crippen molar-refractivity contribution in [2.24, 2.45) is 0 Å². The Balaban J connectivity index is 1.43. The van der Waals surface area contributed by atoms with Crippen LogP contribution in [0.5, 0.6) is 5.75 Å². The number of amides is 1. The number of methoxy groups -OCH3 is 1. The number of carbonyl (C=O) groups excluding carboxylic acids is 1. The molecule has 0 bridgehead atoms. The lowest BCUT2D eigenvalue weighted by Crippen LogP contribution is -2.44. The van der Waals surface area contributed by atoms with E-state index in [-0.39, 0.29) is 18.4 Å². The number of hydrogen-bond acceptors (Lipinski definition) is 5. The molecule has 0 saturated carbocycles. The van der Waals surface area contributed by atoms with E-state index in [9.17, 15) is 4.79 Å². The van der Waals surface area contributed by atoms with E-state index >= 15 is 0 Å². The zero-order valence-electron chi connectivity index (χ0n) is 16.6. The number of furan rings is 1. The first-order valence-electron chi connectivity index (χ1n) is 9.92. The van der Waals surface area contributed by atoms with Crippen LogP contribution in [-0.4, -0.2) is 50.8 Å². The van der Waals surface area contributed by atoms with Gasteiger partial charge in [-0.05, 0) is 17.7 Å². The highest BCUT2D eigenvalue weighted by Crippen LogP contribution is 2.26. The minimum absolute atomic E-state index is 0.0160. The van der Waals surface area contributed by atoms with E-state index in [1.165, 1.54) is 5.56 Å². The first-order chi connectivity index (χ1) is 14.2. The molecule has 2 heterocycles. The molecule has 1 amide bonds. The summed E-state index contributed by atoms with van der Waals surface area (Å²) in [6, 6.07) is 16.1. The van der Waals surface area contributed by atoms with Crippen LogP contribution in [0.4, 0.5) is 0 Å². The summed E-state index contributed by atoms with van der Waals surface area (Å²) in [5, 5.41) is 4.05. The monoisotopic (exact) mass is 394 g/mol. The van der Waals surface area contributed by atoms with E-state index < -0.39 is 0 Å². The second kappa shape index (κ2) is 9.11. The summed E-state index contributed by atoms with van der Waals surface area (Å²) in [5.41, 5.74) is 2.81. The van der Waals surface area contributed by atoms with Crippen LogP contribution in [0.25, 0.3) is 11.0 Å². The highest BCUT2D eigenvalue weighted by Gasteiger charge is 2.23. The number of fused-ring (bicyclic) bond motifs is 1. The molecule has 4 rings (SSSR count). The fourth-order valence-corrected chi connectivity index (χ4v) is 3.80. The first kappa shape index (κ1) is 19.5. The quantitative estimate of drug-likeness (QED) is 0.667. The molecule has 0 aliphatic carbocycles. The van der Waals surface area contributed by atoms with Gasteiger partial charge < -0.3 is 19.2 Å². The van der Waals surface area contributed by atoms with E-state index in [4.69, 9.17) is 13.9 Å². The molecule has 1 aromatic heterocycles. The zero-order chi connectivity index (χ0) is 20.1. The van der Waals surface area contributed by atoms with Gasteiger partial charge in [-0.1, -0.05) is 30.3 Å². The van der Waals surface area contributed by atoms with Crippen molar-refractivity contribution in [1.82, 2.24) is 10.2 Å². The predicted molar refractivity (Wildman–Crippen MR) is 111 cm³/mol. The Labute approximate surface area is 170 Å². The third kappa shape index (κ3) is 4.60. The molecular formula is C23H26N2O4. The molecule has 0 spiro atoms. The Morgan fingerprint density at radius 2 is 1.97 bits per heavy atom. The third-order valence-corrected chi connectivity index (χ3v) is 5.38. The molecular weight excluding hydrogens is 368 g/mol. The summed E-state index contributed by atoms with van der Waals surface area (Å²) in [6.07, 6.45) is 1.93. The van der Waals surface area contributed by atoms with Crippen molar-refractivity contribution in [3.05, 3.63) is 65.9 Å². The van der Waals surface area contributed by atoms with Crippen molar-refractivity contribution in [3.63, 3.8) is 0 Å². The number of morpholine rings is 1. The van der Waals surface area contributed by atoms with E-state index in [0.717, 1.165) is 48.6 Å². The number of ether oxygens (including phenoxy) is 2. The SMILES string of the molecule is COc1ccc2c(CC(=O)NCC(c3ccccc3)N3CCOCC3)coc2c1. The fourth-order valence-electron chi connectivity index (χ4n) is 3.80. The number of nitrogens with one attached hydrogen (secondary N) is 1. The number of benzene rings is 2. The Kier molecular flexibility index (Phi) is 6.12. The smallest absolute Gasteiger partial charge is 0.224 e. The van der Waals surface area contributed by atoms with Crippen molar-refractivity contribution >= 4 is 16.9 Å². The third-order valence-electron chi connectivity index (χ3n) is 5.38. The van der Waals surface area contributed by atoms with Crippen molar-refractivity contribution in [2.75, 3.05) is 40.0 Å². The summed E-state index contributed by atoms with van der Waals surface area (Å²) in [6.45, 7) is 3.74. The highest BCUT2D eigenvalue weighted by molar-refractivity contribution is 5.88. The van der Waals surface area contributed by atoms with Crippen LogP contribution in [0.15, 0.2) is 59.2 Å². The summed E-state index contributed by atoms with van der Waals surface area (Å²) in [7, 11) is 1.62. The van der Waals surface area contributed by atoms with Gasteiger partial charge in [0, 0.05) is 36.7 Å². The van der Waals surface area contributed by atoms with Crippen LogP contribution in [0.2, 0.25) is 0 Å². The van der Waals surface area contributed by atoms with Gasteiger partial charge in [-0.25, -0.2) is 0 Å². The molecule has 29 heavy (non-hydrogen) atoms. The molecule has 152 valence electrons. The largest absolute Gasteiger partial charge is 0.497 e. The Morgan fingerprint density at radius 3 is 2.72 bits per heavy atom. The van der Waals surface area contributed by atoms with Crippen molar-refractivity contribution < 1.29 is 18.7 Å². The van der Waals surface area contributed by atoms with E-state index in [0.29, 0.717) is 6.54 Å². The van der Waals surface area contributed by atoms with Crippen LogP contribution in [-0.2, 0) is 16.0 Å². The maximum atomic E-state index is 12.7. The van der Waals surface area contributed by atoms with E-state index in [1.807, 2.05) is 36.4 Å². The summed E-state index contributed by atoms with van der Waals surface area (Å²) in [4.78, 5) is 15.0. The van der Waals surface area contributed by atoms with Gasteiger partial charge in [0.2, 0.25) is 5.91 Å². The van der Waals surface area contributed by atoms with Gasteiger partial charge in [0.05, 0.1) is 39.0 Å². The van der Waals surface area contributed by atoms with Crippen molar-refractivity contribution in [1.29, 1.82) is 0 Å². The fraction of sp³-hybridized carbons (Fsp3) is 0.348. The summed E-state index contributed by atoms with van der Waals surface area (Å²) in [5.74, 6) is 0.719. The molecule has 0 radical (unpaired) electrons. The lowest BCUT2D eigenvalue weighted by molar-refractivity contribution is -0.120. The van der Waals surface area contributed by atoms with E-state index in [1.54, 1.807) is 13.4 Å². The predicted octanol–water partition coefficient (Wildman–Crippen LogP) is 3.17. The Bertz CT molecular complexity index is 948. The molecule has 2 aromatic carbocycles.